The molecule has 2 aliphatic rings. The van der Waals surface area contributed by atoms with Crippen LogP contribution in [-0.4, -0.2) is 59.7 Å². The van der Waals surface area contributed by atoms with Gasteiger partial charge in [-0.15, -0.1) is 0 Å². The predicted molar refractivity (Wildman–Crippen MR) is 153 cm³/mol. The zero-order valence-electron chi connectivity index (χ0n) is 23.9. The van der Waals surface area contributed by atoms with Crippen molar-refractivity contribution in [3.8, 4) is 5.75 Å². The molecule has 7 nitrogen and oxygen atoms in total. The van der Waals surface area contributed by atoms with Gasteiger partial charge in [0.2, 0.25) is 5.91 Å². The minimum atomic E-state index is -4.56. The van der Waals surface area contributed by atoms with Gasteiger partial charge in [-0.2, -0.15) is 13.2 Å². The summed E-state index contributed by atoms with van der Waals surface area (Å²) in [6, 6.07) is 12.8. The Kier molecular flexibility index (Phi) is 8.91. The van der Waals surface area contributed by atoms with Gasteiger partial charge in [-0.3, -0.25) is 24.5 Å². The van der Waals surface area contributed by atoms with Crippen LogP contribution in [0, 0.1) is 18.7 Å². The number of fused-ring (bicyclic) bond motifs is 1. The number of piperidine rings is 1. The number of aryl methyl sites for hydroxylation is 1. The number of Topliss-reactive ketones (excluding diaryl/α,β-unsaturated/α-hetero) is 1. The number of aromatic nitrogens is 1. The second-order valence-electron chi connectivity index (χ2n) is 11.0. The first-order chi connectivity index (χ1) is 20.5. The average Bonchev–Trinajstić information content (AvgIpc) is 3.40. The number of alkyl halides is 3. The van der Waals surface area contributed by atoms with Gasteiger partial charge in [0.15, 0.2) is 5.78 Å². The predicted octanol–water partition coefficient (Wildman–Crippen LogP) is 5.42. The van der Waals surface area contributed by atoms with Crippen molar-refractivity contribution < 1.29 is 31.9 Å². The van der Waals surface area contributed by atoms with E-state index in [9.17, 15) is 27.2 Å². The Bertz CT molecular complexity index is 1560. The number of hydrogen-bond donors (Lipinski definition) is 1. The molecule has 1 saturated heterocycles. The van der Waals surface area contributed by atoms with Crippen LogP contribution in [0.2, 0.25) is 0 Å². The van der Waals surface area contributed by atoms with E-state index in [1.54, 1.807) is 23.2 Å². The molecule has 0 aliphatic carbocycles. The van der Waals surface area contributed by atoms with Gasteiger partial charge >= 0.3 is 6.18 Å². The summed E-state index contributed by atoms with van der Waals surface area (Å²) in [4.78, 5) is 36.9. The number of carbonyl (C=O) groups excluding carboxylic acids is 2. The lowest BCUT2D eigenvalue weighted by molar-refractivity contribution is -0.143. The van der Waals surface area contributed by atoms with Crippen molar-refractivity contribution in [2.75, 3.05) is 20.2 Å². The number of halogens is 4. The van der Waals surface area contributed by atoms with E-state index < -0.39 is 30.5 Å². The van der Waals surface area contributed by atoms with E-state index in [2.05, 4.69) is 9.98 Å². The molecule has 1 aromatic heterocycles. The number of methoxy groups -OCH3 is 1. The first-order valence-corrected chi connectivity index (χ1v) is 14.1. The SMILES string of the molecule is COc1cccc(F)c1CN1C[C@H](CC(=O)c2ccc3c(c2)C(c2ccnc(C)c2)=NC3)CC[C@H]1C(=O)NCC(F)(F)F. The molecule has 2 aliphatic heterocycles. The van der Waals surface area contributed by atoms with Crippen molar-refractivity contribution in [2.45, 2.75) is 51.5 Å². The highest BCUT2D eigenvalue weighted by Gasteiger charge is 2.37. The Morgan fingerprint density at radius 2 is 1.93 bits per heavy atom. The minimum absolute atomic E-state index is 0.0609. The summed E-state index contributed by atoms with van der Waals surface area (Å²) in [5.74, 6) is -1.34. The third-order valence-electron chi connectivity index (χ3n) is 7.94. The lowest BCUT2D eigenvalue weighted by Crippen LogP contribution is -2.52. The summed E-state index contributed by atoms with van der Waals surface area (Å²) < 4.78 is 58.6. The van der Waals surface area contributed by atoms with Crippen molar-refractivity contribution in [1.29, 1.82) is 0 Å². The third kappa shape index (κ3) is 7.10. The van der Waals surface area contributed by atoms with Crippen molar-refractivity contribution >= 4 is 17.4 Å². The zero-order valence-corrected chi connectivity index (χ0v) is 23.9. The number of ether oxygens (including phenoxy) is 1. The molecule has 3 aromatic rings. The van der Waals surface area contributed by atoms with Crippen LogP contribution in [0.4, 0.5) is 17.6 Å². The number of carbonyl (C=O) groups is 2. The fraction of sp³-hybridized carbons (Fsp3) is 0.375. The maximum absolute atomic E-state index is 14.8. The number of nitrogens with one attached hydrogen (secondary N) is 1. The number of nitrogens with zero attached hydrogens (tertiary/aromatic N) is 3. The second kappa shape index (κ2) is 12.6. The third-order valence-corrected chi connectivity index (χ3v) is 7.94. The number of amides is 1. The number of benzene rings is 2. The summed E-state index contributed by atoms with van der Waals surface area (Å²) >= 11 is 0. The molecule has 0 radical (unpaired) electrons. The first-order valence-electron chi connectivity index (χ1n) is 14.1. The minimum Gasteiger partial charge on any atom is -0.496 e. The normalized spacial score (nSPS) is 18.6. The Labute approximate surface area is 247 Å². The molecule has 0 spiro atoms. The van der Waals surface area contributed by atoms with Crippen LogP contribution in [0.15, 0.2) is 59.7 Å². The number of aliphatic imine (C=N–C) groups is 1. The van der Waals surface area contributed by atoms with Gasteiger partial charge in [0.25, 0.3) is 0 Å². The molecule has 43 heavy (non-hydrogen) atoms. The van der Waals surface area contributed by atoms with Gasteiger partial charge in [-0.05, 0) is 61.6 Å². The van der Waals surface area contributed by atoms with Crippen molar-refractivity contribution in [3.05, 3.63) is 94.1 Å². The quantitative estimate of drug-likeness (QED) is 0.264. The van der Waals surface area contributed by atoms with Gasteiger partial charge in [-0.25, -0.2) is 4.39 Å². The molecule has 0 unspecified atom stereocenters. The van der Waals surface area contributed by atoms with E-state index in [0.29, 0.717) is 18.5 Å². The van der Waals surface area contributed by atoms with Crippen LogP contribution in [0.5, 0.6) is 5.75 Å². The molecule has 1 amide bonds. The van der Waals surface area contributed by atoms with Crippen LogP contribution in [0.3, 0.4) is 0 Å². The van der Waals surface area contributed by atoms with Crippen LogP contribution in [0.25, 0.3) is 0 Å². The summed E-state index contributed by atoms with van der Waals surface area (Å²) in [5.41, 5.74) is 5.25. The van der Waals surface area contributed by atoms with E-state index in [0.717, 1.165) is 28.1 Å². The van der Waals surface area contributed by atoms with E-state index in [1.807, 2.05) is 36.5 Å². The molecule has 11 heteroatoms. The van der Waals surface area contributed by atoms with Crippen LogP contribution in [0.1, 0.15) is 57.6 Å². The molecule has 1 N–H and O–H groups in total. The zero-order chi connectivity index (χ0) is 30.7. The monoisotopic (exact) mass is 596 g/mol. The molecule has 2 aromatic carbocycles. The largest absolute Gasteiger partial charge is 0.496 e. The maximum atomic E-state index is 14.8. The second-order valence-corrected chi connectivity index (χ2v) is 11.0. The Balaban J connectivity index is 1.33. The Morgan fingerprint density at radius 3 is 2.67 bits per heavy atom. The number of rotatable bonds is 9. The molecular formula is C32H32F4N4O3. The molecule has 0 saturated carbocycles. The maximum Gasteiger partial charge on any atom is 0.405 e. The van der Waals surface area contributed by atoms with Crippen molar-refractivity contribution in [3.63, 3.8) is 0 Å². The van der Waals surface area contributed by atoms with Gasteiger partial charge in [-0.1, -0.05) is 18.2 Å². The van der Waals surface area contributed by atoms with Crippen LogP contribution >= 0.6 is 0 Å². The topological polar surface area (TPSA) is 83.9 Å². The Morgan fingerprint density at radius 1 is 1.12 bits per heavy atom. The highest BCUT2D eigenvalue weighted by molar-refractivity contribution is 6.16. The van der Waals surface area contributed by atoms with Gasteiger partial charge in [0.1, 0.15) is 18.1 Å². The van der Waals surface area contributed by atoms with Crippen molar-refractivity contribution in [2.24, 2.45) is 10.9 Å². The average molecular weight is 597 g/mol. The fourth-order valence-electron chi connectivity index (χ4n) is 5.83. The van der Waals surface area contributed by atoms with E-state index in [1.165, 1.54) is 19.2 Å². The summed E-state index contributed by atoms with van der Waals surface area (Å²) in [7, 11) is 1.39. The van der Waals surface area contributed by atoms with E-state index in [-0.39, 0.29) is 48.9 Å². The standard InChI is InChI=1S/C32H32F4N4O3/c1-19-12-22(10-11-37-19)30-24-14-21(7-8-23(24)15-38-30)28(41)13-20-6-9-27(31(42)39-18-32(34,35)36)40(16-20)17-25-26(33)4-3-5-29(25)43-2/h3-5,7-8,10-12,14,20,27H,6,9,13,15-18H2,1-2H3,(H,39,42)/t20-,27-/m0/s1. The van der Waals surface area contributed by atoms with Crippen LogP contribution < -0.4 is 10.1 Å². The van der Waals surface area contributed by atoms with Gasteiger partial charge in [0.05, 0.1) is 25.4 Å². The smallest absolute Gasteiger partial charge is 0.405 e. The van der Waals surface area contributed by atoms with Crippen LogP contribution in [-0.2, 0) is 17.9 Å². The number of pyridine rings is 1. The molecule has 3 heterocycles. The summed E-state index contributed by atoms with van der Waals surface area (Å²) in [5, 5.41) is 1.97. The molecule has 226 valence electrons. The first kappa shape index (κ1) is 30.3. The fourth-order valence-corrected chi connectivity index (χ4v) is 5.83. The lowest BCUT2D eigenvalue weighted by atomic mass is 9.86. The van der Waals surface area contributed by atoms with Crippen molar-refractivity contribution in [1.82, 2.24) is 15.2 Å². The number of ketones is 1. The number of hydrogen-bond acceptors (Lipinski definition) is 6. The summed E-state index contributed by atoms with van der Waals surface area (Å²) in [6.07, 6.45) is -1.99. The van der Waals surface area contributed by atoms with Gasteiger partial charge in [0, 0.05) is 53.7 Å². The van der Waals surface area contributed by atoms with Gasteiger partial charge < -0.3 is 10.1 Å². The molecular weight excluding hydrogens is 564 g/mol. The molecule has 5 rings (SSSR count). The molecule has 2 atom stereocenters. The molecule has 0 bridgehead atoms. The van der Waals surface area contributed by atoms with E-state index >= 15 is 0 Å². The number of likely N-dealkylation sites (tertiary alicyclic amines) is 1. The Hall–Kier alpha value is -4.12. The highest BCUT2D eigenvalue weighted by Crippen LogP contribution is 2.32. The summed E-state index contributed by atoms with van der Waals surface area (Å²) in [6.45, 7) is 1.13. The van der Waals surface area contributed by atoms with E-state index in [4.69, 9.17) is 4.74 Å². The molecule has 1 fully saturated rings. The lowest BCUT2D eigenvalue weighted by Gasteiger charge is -2.39. The highest BCUT2D eigenvalue weighted by atomic mass is 19.4.